The Morgan fingerprint density at radius 2 is 1.57 bits per heavy atom. The SMILES string of the molecule is CCC(C)(C)c1ccc(OCCOc2ccc3ccccc3c2CNC)cc1. The summed E-state index contributed by atoms with van der Waals surface area (Å²) in [7, 11) is 1.96. The van der Waals surface area contributed by atoms with Gasteiger partial charge in [0.2, 0.25) is 0 Å². The molecule has 3 aromatic rings. The van der Waals surface area contributed by atoms with Gasteiger partial charge in [0.05, 0.1) is 0 Å². The molecule has 3 aromatic carbocycles. The van der Waals surface area contributed by atoms with Crippen LogP contribution in [0.4, 0.5) is 0 Å². The fourth-order valence-electron chi connectivity index (χ4n) is 3.33. The first kappa shape index (κ1) is 20.2. The van der Waals surface area contributed by atoms with E-state index in [2.05, 4.69) is 86.8 Å². The van der Waals surface area contributed by atoms with Crippen LogP contribution in [-0.2, 0) is 12.0 Å². The first-order valence-corrected chi connectivity index (χ1v) is 10.1. The molecule has 3 rings (SSSR count). The van der Waals surface area contributed by atoms with Crippen molar-refractivity contribution in [3.63, 3.8) is 0 Å². The molecular formula is C25H31NO2. The van der Waals surface area contributed by atoms with E-state index < -0.39 is 0 Å². The summed E-state index contributed by atoms with van der Waals surface area (Å²) in [6.45, 7) is 8.55. The second-order valence-corrected chi connectivity index (χ2v) is 7.75. The van der Waals surface area contributed by atoms with E-state index >= 15 is 0 Å². The van der Waals surface area contributed by atoms with Crippen LogP contribution in [0.25, 0.3) is 10.8 Å². The number of benzene rings is 3. The maximum absolute atomic E-state index is 6.05. The van der Waals surface area contributed by atoms with Crippen molar-refractivity contribution in [2.45, 2.75) is 39.2 Å². The van der Waals surface area contributed by atoms with Crippen LogP contribution in [0.2, 0.25) is 0 Å². The van der Waals surface area contributed by atoms with E-state index in [1.807, 2.05) is 7.05 Å². The van der Waals surface area contributed by atoms with Crippen molar-refractivity contribution in [3.8, 4) is 11.5 Å². The molecule has 0 aliphatic heterocycles. The lowest BCUT2D eigenvalue weighted by Gasteiger charge is -2.23. The lowest BCUT2D eigenvalue weighted by atomic mass is 9.82. The van der Waals surface area contributed by atoms with Crippen LogP contribution in [-0.4, -0.2) is 20.3 Å². The van der Waals surface area contributed by atoms with E-state index in [4.69, 9.17) is 9.47 Å². The molecule has 0 fully saturated rings. The molecular weight excluding hydrogens is 346 g/mol. The van der Waals surface area contributed by atoms with Gasteiger partial charge in [-0.1, -0.05) is 63.2 Å². The Hall–Kier alpha value is -2.52. The molecule has 0 spiro atoms. The monoisotopic (exact) mass is 377 g/mol. The minimum atomic E-state index is 0.196. The Balaban J connectivity index is 1.60. The predicted octanol–water partition coefficient (Wildman–Crippen LogP) is 5.70. The maximum Gasteiger partial charge on any atom is 0.124 e. The van der Waals surface area contributed by atoms with Crippen LogP contribution >= 0.6 is 0 Å². The van der Waals surface area contributed by atoms with Crippen molar-refractivity contribution in [2.24, 2.45) is 0 Å². The third-order valence-corrected chi connectivity index (χ3v) is 5.48. The van der Waals surface area contributed by atoms with Crippen LogP contribution in [0.1, 0.15) is 38.3 Å². The molecule has 0 radical (unpaired) electrons. The Morgan fingerprint density at radius 1 is 0.857 bits per heavy atom. The van der Waals surface area contributed by atoms with E-state index in [-0.39, 0.29) is 5.41 Å². The fourth-order valence-corrected chi connectivity index (χ4v) is 3.33. The first-order valence-electron chi connectivity index (χ1n) is 10.1. The quantitative estimate of drug-likeness (QED) is 0.485. The third kappa shape index (κ3) is 4.66. The van der Waals surface area contributed by atoms with Crippen LogP contribution in [0, 0.1) is 0 Å². The summed E-state index contributed by atoms with van der Waals surface area (Å²) in [5, 5.41) is 5.70. The molecule has 0 bridgehead atoms. The summed E-state index contributed by atoms with van der Waals surface area (Å²) in [6, 6.07) is 21.0. The molecule has 0 unspecified atom stereocenters. The number of rotatable bonds is 9. The normalized spacial score (nSPS) is 11.6. The van der Waals surface area contributed by atoms with E-state index in [9.17, 15) is 0 Å². The lowest BCUT2D eigenvalue weighted by molar-refractivity contribution is 0.216. The molecule has 3 nitrogen and oxygen atoms in total. The van der Waals surface area contributed by atoms with Gasteiger partial charge in [-0.05, 0) is 53.4 Å². The molecule has 1 N–H and O–H groups in total. The highest BCUT2D eigenvalue weighted by Gasteiger charge is 2.17. The standard InChI is InChI=1S/C25H31NO2/c1-5-25(2,3)20-11-13-21(14-12-20)27-16-17-28-24-15-10-19-8-6-7-9-22(19)23(24)18-26-4/h6-15,26H,5,16-18H2,1-4H3. The maximum atomic E-state index is 6.05. The average molecular weight is 378 g/mol. The predicted molar refractivity (Wildman–Crippen MR) is 117 cm³/mol. The largest absolute Gasteiger partial charge is 0.490 e. The van der Waals surface area contributed by atoms with Gasteiger partial charge in [0.25, 0.3) is 0 Å². The molecule has 0 aliphatic carbocycles. The van der Waals surface area contributed by atoms with Crippen molar-refractivity contribution in [3.05, 3.63) is 71.8 Å². The molecule has 0 saturated carbocycles. The average Bonchev–Trinajstić information content (AvgIpc) is 2.73. The zero-order chi connectivity index (χ0) is 20.0. The van der Waals surface area contributed by atoms with Gasteiger partial charge < -0.3 is 14.8 Å². The summed E-state index contributed by atoms with van der Waals surface area (Å²) in [5.74, 6) is 1.80. The van der Waals surface area contributed by atoms with Gasteiger partial charge in [0.15, 0.2) is 0 Å². The van der Waals surface area contributed by atoms with Crippen molar-refractivity contribution >= 4 is 10.8 Å². The van der Waals surface area contributed by atoms with Crippen LogP contribution < -0.4 is 14.8 Å². The van der Waals surface area contributed by atoms with Crippen LogP contribution in [0.5, 0.6) is 11.5 Å². The van der Waals surface area contributed by atoms with Gasteiger partial charge in [-0.15, -0.1) is 0 Å². The minimum Gasteiger partial charge on any atom is -0.490 e. The van der Waals surface area contributed by atoms with Gasteiger partial charge in [-0.25, -0.2) is 0 Å². The van der Waals surface area contributed by atoms with Gasteiger partial charge in [0, 0.05) is 12.1 Å². The van der Waals surface area contributed by atoms with Crippen molar-refractivity contribution in [2.75, 3.05) is 20.3 Å². The molecule has 0 saturated heterocycles. The van der Waals surface area contributed by atoms with Crippen molar-refractivity contribution in [1.29, 1.82) is 0 Å². The van der Waals surface area contributed by atoms with E-state index in [1.165, 1.54) is 21.9 Å². The van der Waals surface area contributed by atoms with Gasteiger partial charge in [-0.2, -0.15) is 0 Å². The number of fused-ring (bicyclic) bond motifs is 1. The Bertz CT molecular complexity index is 900. The Labute approximate surface area is 168 Å². The summed E-state index contributed by atoms with van der Waals surface area (Å²) in [6.07, 6.45) is 1.11. The topological polar surface area (TPSA) is 30.5 Å². The zero-order valence-electron chi connectivity index (χ0n) is 17.4. The third-order valence-electron chi connectivity index (χ3n) is 5.48. The molecule has 148 valence electrons. The Morgan fingerprint density at radius 3 is 2.29 bits per heavy atom. The lowest BCUT2D eigenvalue weighted by Crippen LogP contribution is -2.15. The number of nitrogens with one attached hydrogen (secondary N) is 1. The summed E-state index contributed by atoms with van der Waals surface area (Å²) in [5.41, 5.74) is 2.72. The van der Waals surface area contributed by atoms with Crippen LogP contribution in [0.15, 0.2) is 60.7 Å². The van der Waals surface area contributed by atoms with Crippen LogP contribution in [0.3, 0.4) is 0 Å². The molecule has 0 aliphatic rings. The highest BCUT2D eigenvalue weighted by Crippen LogP contribution is 2.29. The Kier molecular flexibility index (Phi) is 6.58. The molecule has 0 heterocycles. The number of hydrogen-bond donors (Lipinski definition) is 1. The number of ether oxygens (including phenoxy) is 2. The van der Waals surface area contributed by atoms with Gasteiger partial charge in [0.1, 0.15) is 24.7 Å². The minimum absolute atomic E-state index is 0.196. The molecule has 3 heteroatoms. The van der Waals surface area contributed by atoms with Crippen molar-refractivity contribution < 1.29 is 9.47 Å². The van der Waals surface area contributed by atoms with Crippen molar-refractivity contribution in [1.82, 2.24) is 5.32 Å². The first-order chi connectivity index (χ1) is 13.5. The zero-order valence-corrected chi connectivity index (χ0v) is 17.4. The molecule has 28 heavy (non-hydrogen) atoms. The second-order valence-electron chi connectivity index (χ2n) is 7.75. The second kappa shape index (κ2) is 9.11. The molecule has 0 atom stereocenters. The van der Waals surface area contributed by atoms with E-state index in [0.29, 0.717) is 13.2 Å². The highest BCUT2D eigenvalue weighted by molar-refractivity contribution is 5.87. The summed E-state index contributed by atoms with van der Waals surface area (Å²) >= 11 is 0. The summed E-state index contributed by atoms with van der Waals surface area (Å²) in [4.78, 5) is 0. The smallest absolute Gasteiger partial charge is 0.124 e. The van der Waals surface area contributed by atoms with E-state index in [0.717, 1.165) is 24.5 Å². The molecule has 0 aromatic heterocycles. The molecule has 0 amide bonds. The van der Waals surface area contributed by atoms with E-state index in [1.54, 1.807) is 0 Å². The van der Waals surface area contributed by atoms with Gasteiger partial charge in [-0.3, -0.25) is 0 Å². The van der Waals surface area contributed by atoms with Gasteiger partial charge >= 0.3 is 0 Å². The summed E-state index contributed by atoms with van der Waals surface area (Å²) < 4.78 is 11.9. The highest BCUT2D eigenvalue weighted by atomic mass is 16.5. The number of hydrogen-bond acceptors (Lipinski definition) is 3. The fraction of sp³-hybridized carbons (Fsp3) is 0.360.